The number of hydrogen-bond donors (Lipinski definition) is 1. The zero-order chi connectivity index (χ0) is 13.1. The first-order valence-corrected chi connectivity index (χ1v) is 7.06. The second-order valence-corrected chi connectivity index (χ2v) is 5.65. The fourth-order valence-electron chi connectivity index (χ4n) is 1.60. The molecule has 0 aromatic heterocycles. The molecule has 0 unspecified atom stereocenters. The lowest BCUT2D eigenvalue weighted by Crippen LogP contribution is -2.25. The van der Waals surface area contributed by atoms with Gasteiger partial charge < -0.3 is 4.74 Å². The first kappa shape index (κ1) is 14.0. The third kappa shape index (κ3) is 2.98. The first-order chi connectivity index (χ1) is 7.94. The molecule has 0 fully saturated rings. The first-order valence-electron chi connectivity index (χ1n) is 5.58. The molecule has 1 N–H and O–H groups in total. The predicted molar refractivity (Wildman–Crippen MR) is 67.9 cm³/mol. The Bertz CT molecular complexity index is 495. The van der Waals surface area contributed by atoms with Crippen molar-refractivity contribution in [2.24, 2.45) is 0 Å². The van der Waals surface area contributed by atoms with Crippen molar-refractivity contribution in [3.63, 3.8) is 0 Å². The van der Waals surface area contributed by atoms with E-state index in [1.54, 1.807) is 26.2 Å². The van der Waals surface area contributed by atoms with Crippen molar-refractivity contribution in [3.05, 3.63) is 23.3 Å². The van der Waals surface area contributed by atoms with Crippen LogP contribution in [0.25, 0.3) is 0 Å². The molecule has 96 valence electrons. The molecule has 0 saturated carbocycles. The van der Waals surface area contributed by atoms with Gasteiger partial charge in [-0.1, -0.05) is 6.92 Å². The molecule has 0 aliphatic rings. The van der Waals surface area contributed by atoms with E-state index in [2.05, 4.69) is 4.72 Å². The molecule has 0 bridgehead atoms. The van der Waals surface area contributed by atoms with Crippen LogP contribution in [0.15, 0.2) is 17.0 Å². The van der Waals surface area contributed by atoms with Crippen LogP contribution in [-0.2, 0) is 10.0 Å². The minimum Gasteiger partial charge on any atom is -0.496 e. The van der Waals surface area contributed by atoms with Crippen molar-refractivity contribution >= 4 is 10.0 Å². The lowest BCUT2D eigenvalue weighted by atomic mass is 10.1. The van der Waals surface area contributed by atoms with Crippen LogP contribution in [-0.4, -0.2) is 22.1 Å². The third-order valence-corrected chi connectivity index (χ3v) is 4.34. The minimum absolute atomic E-state index is 0.323. The molecule has 0 aliphatic heterocycles. The van der Waals surface area contributed by atoms with E-state index < -0.39 is 10.0 Å². The number of benzene rings is 1. The maximum absolute atomic E-state index is 12.0. The van der Waals surface area contributed by atoms with E-state index in [-0.39, 0.29) is 0 Å². The Morgan fingerprint density at radius 1 is 1.24 bits per heavy atom. The standard InChI is InChI=1S/C12H19NO3S/c1-5-8-13-17(14,15)12-7-6-11(16-4)9(2)10(12)3/h6-7,13H,5,8H2,1-4H3. The molecule has 1 aromatic rings. The van der Waals surface area contributed by atoms with E-state index in [9.17, 15) is 8.42 Å². The number of rotatable bonds is 5. The van der Waals surface area contributed by atoms with Gasteiger partial charge in [0.05, 0.1) is 12.0 Å². The number of nitrogens with one attached hydrogen (secondary N) is 1. The zero-order valence-corrected chi connectivity index (χ0v) is 11.5. The van der Waals surface area contributed by atoms with Gasteiger partial charge in [0.15, 0.2) is 0 Å². The summed E-state index contributed by atoms with van der Waals surface area (Å²) in [6, 6.07) is 3.27. The Balaban J connectivity index is 3.20. The van der Waals surface area contributed by atoms with E-state index in [1.165, 1.54) is 0 Å². The summed E-state index contributed by atoms with van der Waals surface area (Å²) in [5, 5.41) is 0. The molecule has 0 saturated heterocycles. The van der Waals surface area contributed by atoms with Gasteiger partial charge in [-0.05, 0) is 43.5 Å². The Labute approximate surface area is 103 Å². The van der Waals surface area contributed by atoms with Crippen molar-refractivity contribution in [2.75, 3.05) is 13.7 Å². The topological polar surface area (TPSA) is 55.4 Å². The monoisotopic (exact) mass is 257 g/mol. The van der Waals surface area contributed by atoms with Crippen molar-refractivity contribution in [1.82, 2.24) is 4.72 Å². The fraction of sp³-hybridized carbons (Fsp3) is 0.500. The van der Waals surface area contributed by atoms with Crippen LogP contribution in [0, 0.1) is 13.8 Å². The second-order valence-electron chi connectivity index (χ2n) is 3.91. The SMILES string of the molecule is CCCNS(=O)(=O)c1ccc(OC)c(C)c1C. The van der Waals surface area contributed by atoms with Crippen LogP contribution >= 0.6 is 0 Å². The number of ether oxygens (including phenoxy) is 1. The van der Waals surface area contributed by atoms with Crippen molar-refractivity contribution in [1.29, 1.82) is 0 Å². The maximum Gasteiger partial charge on any atom is 0.240 e. The quantitative estimate of drug-likeness (QED) is 0.877. The molecule has 0 radical (unpaired) electrons. The Kier molecular flexibility index (Phi) is 4.54. The largest absolute Gasteiger partial charge is 0.496 e. The molecule has 0 heterocycles. The number of sulfonamides is 1. The Morgan fingerprint density at radius 2 is 1.88 bits per heavy atom. The van der Waals surface area contributed by atoms with Crippen LogP contribution in [0.2, 0.25) is 0 Å². The smallest absolute Gasteiger partial charge is 0.240 e. The van der Waals surface area contributed by atoms with Gasteiger partial charge in [0.2, 0.25) is 10.0 Å². The van der Waals surface area contributed by atoms with Gasteiger partial charge in [0.25, 0.3) is 0 Å². The van der Waals surface area contributed by atoms with Gasteiger partial charge in [-0.15, -0.1) is 0 Å². The number of hydrogen-bond acceptors (Lipinski definition) is 3. The number of methoxy groups -OCH3 is 1. The average Bonchev–Trinajstić information content (AvgIpc) is 2.29. The summed E-state index contributed by atoms with van der Waals surface area (Å²) in [6.45, 7) is 6.02. The van der Waals surface area contributed by atoms with E-state index in [0.717, 1.165) is 17.5 Å². The van der Waals surface area contributed by atoms with Crippen LogP contribution in [0.1, 0.15) is 24.5 Å². The van der Waals surface area contributed by atoms with E-state index >= 15 is 0 Å². The summed E-state index contributed by atoms with van der Waals surface area (Å²) in [4.78, 5) is 0.323. The summed E-state index contributed by atoms with van der Waals surface area (Å²) in [7, 11) is -1.83. The second kappa shape index (κ2) is 5.51. The van der Waals surface area contributed by atoms with Crippen LogP contribution in [0.5, 0.6) is 5.75 Å². The highest BCUT2D eigenvalue weighted by Gasteiger charge is 2.18. The normalized spacial score (nSPS) is 11.5. The summed E-state index contributed by atoms with van der Waals surface area (Å²) >= 11 is 0. The predicted octanol–water partition coefficient (Wildman–Crippen LogP) is 2.00. The summed E-state index contributed by atoms with van der Waals surface area (Å²) < 4.78 is 31.7. The Hall–Kier alpha value is -1.07. The highest BCUT2D eigenvalue weighted by molar-refractivity contribution is 7.89. The lowest BCUT2D eigenvalue weighted by Gasteiger charge is -2.13. The highest BCUT2D eigenvalue weighted by Crippen LogP contribution is 2.26. The van der Waals surface area contributed by atoms with Crippen molar-refractivity contribution in [2.45, 2.75) is 32.1 Å². The summed E-state index contributed by atoms with van der Waals surface area (Å²) in [5.41, 5.74) is 1.58. The van der Waals surface area contributed by atoms with Crippen molar-refractivity contribution < 1.29 is 13.2 Å². The van der Waals surface area contributed by atoms with Gasteiger partial charge in [0.1, 0.15) is 5.75 Å². The van der Waals surface area contributed by atoms with Crippen LogP contribution in [0.4, 0.5) is 0 Å². The molecule has 4 nitrogen and oxygen atoms in total. The van der Waals surface area contributed by atoms with Crippen LogP contribution < -0.4 is 9.46 Å². The molecular formula is C12H19NO3S. The van der Waals surface area contributed by atoms with Gasteiger partial charge in [-0.2, -0.15) is 0 Å². The lowest BCUT2D eigenvalue weighted by molar-refractivity contribution is 0.410. The third-order valence-electron chi connectivity index (χ3n) is 2.74. The fourth-order valence-corrected chi connectivity index (χ4v) is 3.03. The van der Waals surface area contributed by atoms with E-state index in [1.807, 2.05) is 13.8 Å². The van der Waals surface area contributed by atoms with Gasteiger partial charge in [0, 0.05) is 6.54 Å². The molecule has 0 atom stereocenters. The molecule has 0 aliphatic carbocycles. The van der Waals surface area contributed by atoms with Gasteiger partial charge in [-0.3, -0.25) is 0 Å². The zero-order valence-electron chi connectivity index (χ0n) is 10.7. The summed E-state index contributed by atoms with van der Waals surface area (Å²) in [5.74, 6) is 0.706. The molecular weight excluding hydrogens is 238 g/mol. The van der Waals surface area contributed by atoms with Gasteiger partial charge in [-0.25, -0.2) is 13.1 Å². The average molecular weight is 257 g/mol. The molecule has 0 spiro atoms. The Morgan fingerprint density at radius 3 is 2.41 bits per heavy atom. The molecule has 5 heteroatoms. The molecule has 1 rings (SSSR count). The van der Waals surface area contributed by atoms with E-state index in [4.69, 9.17) is 4.74 Å². The maximum atomic E-state index is 12.0. The minimum atomic E-state index is -3.41. The highest BCUT2D eigenvalue weighted by atomic mass is 32.2. The van der Waals surface area contributed by atoms with Crippen LogP contribution in [0.3, 0.4) is 0 Å². The molecule has 0 amide bonds. The summed E-state index contributed by atoms with van der Waals surface area (Å²) in [6.07, 6.45) is 0.771. The molecule has 1 aromatic carbocycles. The van der Waals surface area contributed by atoms with Crippen molar-refractivity contribution in [3.8, 4) is 5.75 Å². The molecule has 17 heavy (non-hydrogen) atoms. The van der Waals surface area contributed by atoms with E-state index in [0.29, 0.717) is 17.2 Å². The van der Waals surface area contributed by atoms with Gasteiger partial charge >= 0.3 is 0 Å².